The number of likely N-dealkylation sites (tertiary alicyclic amines) is 1. The highest BCUT2D eigenvalue weighted by molar-refractivity contribution is 5.16. The fourth-order valence-corrected chi connectivity index (χ4v) is 2.41. The van der Waals surface area contributed by atoms with Gasteiger partial charge in [-0.1, -0.05) is 6.92 Å². The van der Waals surface area contributed by atoms with Crippen molar-refractivity contribution in [3.05, 3.63) is 0 Å². The summed E-state index contributed by atoms with van der Waals surface area (Å²) >= 11 is 0. The van der Waals surface area contributed by atoms with Crippen molar-refractivity contribution in [1.29, 1.82) is 0 Å². The van der Waals surface area contributed by atoms with Gasteiger partial charge >= 0.3 is 0 Å². The normalized spacial score (nSPS) is 54.3. The fourth-order valence-electron chi connectivity index (χ4n) is 2.41. The van der Waals surface area contributed by atoms with E-state index in [4.69, 9.17) is 0 Å². The maximum atomic E-state index is 3.45. The van der Waals surface area contributed by atoms with Crippen LogP contribution < -0.4 is 5.32 Å². The molecule has 0 bridgehead atoms. The molecule has 0 unspecified atom stereocenters. The van der Waals surface area contributed by atoms with Crippen LogP contribution in [0.25, 0.3) is 0 Å². The van der Waals surface area contributed by atoms with Crippen LogP contribution in [0.2, 0.25) is 0 Å². The van der Waals surface area contributed by atoms with Gasteiger partial charge in [0.25, 0.3) is 0 Å². The Hall–Kier alpha value is -0.0800. The van der Waals surface area contributed by atoms with E-state index >= 15 is 0 Å². The molecule has 2 fully saturated rings. The molecule has 0 aromatic heterocycles. The summed E-state index contributed by atoms with van der Waals surface area (Å²) in [4.78, 5) is 2.45. The highest BCUT2D eigenvalue weighted by atomic mass is 15.3. The summed E-state index contributed by atoms with van der Waals surface area (Å²) in [6.07, 6.45) is 0. The van der Waals surface area contributed by atoms with Crippen molar-refractivity contribution in [3.8, 4) is 0 Å². The molecular formula is C8H16N2. The average Bonchev–Trinajstić information content (AvgIpc) is 2.07. The van der Waals surface area contributed by atoms with Crippen LogP contribution in [-0.4, -0.2) is 37.1 Å². The Balaban J connectivity index is 2.27. The lowest BCUT2D eigenvalue weighted by Gasteiger charge is -2.58. The number of fused-ring (bicyclic) bond motifs is 1. The summed E-state index contributed by atoms with van der Waals surface area (Å²) in [6.45, 7) is 8.37. The number of nitrogens with one attached hydrogen (secondary N) is 1. The summed E-state index contributed by atoms with van der Waals surface area (Å²) in [6, 6.07) is 0. The van der Waals surface area contributed by atoms with Gasteiger partial charge in [-0.25, -0.2) is 0 Å². The predicted octanol–water partition coefficient (Wildman–Crippen LogP) is 0.300. The third-order valence-electron chi connectivity index (χ3n) is 3.71. The van der Waals surface area contributed by atoms with Crippen LogP contribution in [0.3, 0.4) is 0 Å². The second kappa shape index (κ2) is 1.56. The van der Waals surface area contributed by atoms with Gasteiger partial charge in [-0.3, -0.25) is 4.90 Å². The van der Waals surface area contributed by atoms with Crippen molar-refractivity contribution in [1.82, 2.24) is 10.2 Å². The van der Waals surface area contributed by atoms with E-state index in [0.29, 0.717) is 11.0 Å². The lowest BCUT2D eigenvalue weighted by molar-refractivity contribution is -0.0828. The highest BCUT2D eigenvalue weighted by Gasteiger charge is 2.59. The van der Waals surface area contributed by atoms with Crippen molar-refractivity contribution < 1.29 is 0 Å². The SMILES string of the molecule is CN1C[C@@]2(C)CNC[C@@]12C. The van der Waals surface area contributed by atoms with Crippen LogP contribution in [-0.2, 0) is 0 Å². The van der Waals surface area contributed by atoms with Crippen molar-refractivity contribution >= 4 is 0 Å². The number of hydrogen-bond acceptors (Lipinski definition) is 2. The molecular weight excluding hydrogens is 124 g/mol. The molecule has 0 aliphatic carbocycles. The zero-order valence-corrected chi connectivity index (χ0v) is 7.07. The zero-order chi connectivity index (χ0) is 7.41. The molecule has 2 aliphatic rings. The Labute approximate surface area is 62.6 Å². The van der Waals surface area contributed by atoms with Crippen molar-refractivity contribution in [2.75, 3.05) is 26.7 Å². The first-order valence-electron chi connectivity index (χ1n) is 4.00. The van der Waals surface area contributed by atoms with E-state index in [1.165, 1.54) is 19.6 Å². The van der Waals surface area contributed by atoms with Gasteiger partial charge in [-0.2, -0.15) is 0 Å². The van der Waals surface area contributed by atoms with Crippen LogP contribution >= 0.6 is 0 Å². The standard InChI is InChI=1S/C8H16N2/c1-7-4-9-5-8(7,2)10(3)6-7/h9H,4-6H2,1-3H3/t7-,8-/m1/s1. The lowest BCUT2D eigenvalue weighted by atomic mass is 9.66. The molecule has 2 aliphatic heterocycles. The Morgan fingerprint density at radius 2 is 2.00 bits per heavy atom. The molecule has 0 aromatic rings. The maximum absolute atomic E-state index is 3.45. The molecule has 0 radical (unpaired) electrons. The van der Waals surface area contributed by atoms with Gasteiger partial charge in [0.1, 0.15) is 0 Å². The highest BCUT2D eigenvalue weighted by Crippen LogP contribution is 2.47. The quantitative estimate of drug-likeness (QED) is 0.520. The summed E-state index contributed by atoms with van der Waals surface area (Å²) in [5.41, 5.74) is 1.01. The van der Waals surface area contributed by atoms with E-state index < -0.39 is 0 Å². The van der Waals surface area contributed by atoms with Crippen molar-refractivity contribution in [2.45, 2.75) is 19.4 Å². The first-order valence-corrected chi connectivity index (χ1v) is 4.00. The number of likely N-dealkylation sites (N-methyl/N-ethyl adjacent to an activating group) is 1. The Morgan fingerprint density at radius 1 is 1.30 bits per heavy atom. The van der Waals surface area contributed by atoms with Crippen molar-refractivity contribution in [3.63, 3.8) is 0 Å². The molecule has 0 amide bonds. The minimum absolute atomic E-state index is 0.451. The van der Waals surface area contributed by atoms with Gasteiger partial charge < -0.3 is 5.32 Å². The summed E-state index contributed by atoms with van der Waals surface area (Å²) in [7, 11) is 2.22. The molecule has 10 heavy (non-hydrogen) atoms. The molecule has 0 aromatic carbocycles. The molecule has 0 saturated carbocycles. The van der Waals surface area contributed by atoms with Gasteiger partial charge in [0, 0.05) is 30.6 Å². The molecule has 1 N–H and O–H groups in total. The van der Waals surface area contributed by atoms with E-state index in [-0.39, 0.29) is 0 Å². The molecule has 0 spiro atoms. The Morgan fingerprint density at radius 3 is 2.40 bits per heavy atom. The van der Waals surface area contributed by atoms with Crippen LogP contribution in [0.4, 0.5) is 0 Å². The predicted molar refractivity (Wildman–Crippen MR) is 42.0 cm³/mol. The second-order valence-electron chi connectivity index (χ2n) is 4.29. The molecule has 2 heteroatoms. The number of nitrogens with zero attached hydrogens (tertiary/aromatic N) is 1. The Bertz CT molecular complexity index is 169. The third kappa shape index (κ3) is 0.487. The summed E-state index contributed by atoms with van der Waals surface area (Å²) in [5.74, 6) is 0. The zero-order valence-electron chi connectivity index (χ0n) is 7.07. The summed E-state index contributed by atoms with van der Waals surface area (Å²) < 4.78 is 0. The van der Waals surface area contributed by atoms with Gasteiger partial charge in [0.15, 0.2) is 0 Å². The van der Waals surface area contributed by atoms with E-state index in [1.54, 1.807) is 0 Å². The van der Waals surface area contributed by atoms with Gasteiger partial charge in [-0.05, 0) is 14.0 Å². The van der Waals surface area contributed by atoms with E-state index in [9.17, 15) is 0 Å². The maximum Gasteiger partial charge on any atom is 0.0380 e. The van der Waals surface area contributed by atoms with E-state index in [0.717, 1.165) is 0 Å². The van der Waals surface area contributed by atoms with Crippen molar-refractivity contribution in [2.24, 2.45) is 5.41 Å². The van der Waals surface area contributed by atoms with Gasteiger partial charge in [-0.15, -0.1) is 0 Å². The summed E-state index contributed by atoms with van der Waals surface area (Å²) in [5, 5.41) is 3.45. The van der Waals surface area contributed by atoms with Crippen LogP contribution in [0.5, 0.6) is 0 Å². The smallest absolute Gasteiger partial charge is 0.0380 e. The molecule has 2 atom stereocenters. The third-order valence-corrected chi connectivity index (χ3v) is 3.71. The second-order valence-corrected chi connectivity index (χ2v) is 4.29. The Kier molecular flexibility index (Phi) is 1.03. The first kappa shape index (κ1) is 6.62. The molecule has 2 saturated heterocycles. The minimum atomic E-state index is 0.451. The minimum Gasteiger partial charge on any atom is -0.314 e. The number of hydrogen-bond donors (Lipinski definition) is 1. The van der Waals surface area contributed by atoms with Gasteiger partial charge in [0.05, 0.1) is 0 Å². The fraction of sp³-hybridized carbons (Fsp3) is 1.00. The van der Waals surface area contributed by atoms with E-state index in [2.05, 4.69) is 31.1 Å². The first-order chi connectivity index (χ1) is 4.58. The van der Waals surface area contributed by atoms with Crippen LogP contribution in [0.1, 0.15) is 13.8 Å². The largest absolute Gasteiger partial charge is 0.314 e. The monoisotopic (exact) mass is 140 g/mol. The van der Waals surface area contributed by atoms with Crippen LogP contribution in [0.15, 0.2) is 0 Å². The van der Waals surface area contributed by atoms with E-state index in [1.807, 2.05) is 0 Å². The molecule has 58 valence electrons. The molecule has 2 rings (SSSR count). The average molecular weight is 140 g/mol. The lowest BCUT2D eigenvalue weighted by Crippen LogP contribution is -2.69. The number of rotatable bonds is 0. The molecule has 2 heterocycles. The topological polar surface area (TPSA) is 15.3 Å². The van der Waals surface area contributed by atoms with Crippen LogP contribution in [0, 0.1) is 5.41 Å². The molecule has 2 nitrogen and oxygen atoms in total. The van der Waals surface area contributed by atoms with Gasteiger partial charge in [0.2, 0.25) is 0 Å².